The molecule has 0 spiro atoms. The summed E-state index contributed by atoms with van der Waals surface area (Å²) in [4.78, 5) is 6.76. The predicted molar refractivity (Wildman–Crippen MR) is 114 cm³/mol. The molecule has 1 aliphatic heterocycles. The lowest BCUT2D eigenvalue weighted by molar-refractivity contribution is 0.167. The second kappa shape index (κ2) is 8.68. The standard InChI is InChI=1S/C22H19BrFN5O2/c23-17-7-1-5-15(10-17)22-27-26-19(30-22)13-29-9-3-6-16(12-29)21-25-20(28-31-21)14-4-2-8-18(24)11-14/h1-2,4-5,7-8,10-11,16H,3,6,9,12-13H2. The molecule has 5 rings (SSSR count). The highest BCUT2D eigenvalue weighted by atomic mass is 79.9. The van der Waals surface area contributed by atoms with Crippen molar-refractivity contribution in [3.8, 4) is 22.8 Å². The van der Waals surface area contributed by atoms with E-state index in [4.69, 9.17) is 8.94 Å². The van der Waals surface area contributed by atoms with Crippen LogP contribution in [0.4, 0.5) is 4.39 Å². The van der Waals surface area contributed by atoms with Crippen molar-refractivity contribution in [3.05, 3.63) is 70.6 Å². The van der Waals surface area contributed by atoms with Crippen LogP contribution in [-0.4, -0.2) is 38.3 Å². The third kappa shape index (κ3) is 4.57. The highest BCUT2D eigenvalue weighted by Gasteiger charge is 2.27. The quantitative estimate of drug-likeness (QED) is 0.391. The largest absolute Gasteiger partial charge is 0.419 e. The Kier molecular flexibility index (Phi) is 5.61. The Balaban J connectivity index is 1.26. The van der Waals surface area contributed by atoms with E-state index < -0.39 is 0 Å². The molecule has 9 heteroatoms. The van der Waals surface area contributed by atoms with Gasteiger partial charge in [0.2, 0.25) is 23.5 Å². The van der Waals surface area contributed by atoms with Gasteiger partial charge in [0.25, 0.3) is 0 Å². The predicted octanol–water partition coefficient (Wildman–Crippen LogP) is 5.07. The van der Waals surface area contributed by atoms with E-state index in [0.29, 0.717) is 35.6 Å². The monoisotopic (exact) mass is 483 g/mol. The molecule has 1 aliphatic rings. The number of halogens is 2. The highest BCUT2D eigenvalue weighted by Crippen LogP contribution is 2.29. The molecule has 1 saturated heterocycles. The molecule has 0 N–H and O–H groups in total. The second-order valence-electron chi connectivity index (χ2n) is 7.55. The van der Waals surface area contributed by atoms with Gasteiger partial charge in [0.15, 0.2) is 0 Å². The summed E-state index contributed by atoms with van der Waals surface area (Å²) in [5.41, 5.74) is 1.48. The fraction of sp³-hybridized carbons (Fsp3) is 0.273. The number of likely N-dealkylation sites (tertiary alicyclic amines) is 1. The molecule has 0 amide bonds. The van der Waals surface area contributed by atoms with Crippen LogP contribution in [0.1, 0.15) is 30.5 Å². The smallest absolute Gasteiger partial charge is 0.247 e. The molecule has 1 fully saturated rings. The Labute approximate surface area is 186 Å². The topological polar surface area (TPSA) is 81.1 Å². The summed E-state index contributed by atoms with van der Waals surface area (Å²) in [6.07, 6.45) is 1.95. The van der Waals surface area contributed by atoms with E-state index in [-0.39, 0.29) is 11.7 Å². The van der Waals surface area contributed by atoms with Crippen molar-refractivity contribution in [2.75, 3.05) is 13.1 Å². The first-order valence-electron chi connectivity index (χ1n) is 10.0. The molecular weight excluding hydrogens is 465 g/mol. The van der Waals surface area contributed by atoms with Crippen LogP contribution in [-0.2, 0) is 6.54 Å². The molecule has 0 saturated carbocycles. The van der Waals surface area contributed by atoms with E-state index in [9.17, 15) is 4.39 Å². The van der Waals surface area contributed by atoms with Gasteiger partial charge in [-0.05, 0) is 49.7 Å². The second-order valence-corrected chi connectivity index (χ2v) is 8.47. The summed E-state index contributed by atoms with van der Waals surface area (Å²) in [5, 5.41) is 12.4. The van der Waals surface area contributed by atoms with Gasteiger partial charge in [-0.2, -0.15) is 4.98 Å². The minimum Gasteiger partial charge on any atom is -0.419 e. The zero-order valence-corrected chi connectivity index (χ0v) is 18.1. The van der Waals surface area contributed by atoms with Crippen LogP contribution in [0, 0.1) is 5.82 Å². The number of hydrogen-bond donors (Lipinski definition) is 0. The Hall–Kier alpha value is -2.91. The van der Waals surface area contributed by atoms with E-state index in [1.807, 2.05) is 24.3 Å². The summed E-state index contributed by atoms with van der Waals surface area (Å²) in [6.45, 7) is 2.23. The molecule has 158 valence electrons. The first-order chi connectivity index (χ1) is 15.1. The summed E-state index contributed by atoms with van der Waals surface area (Å²) >= 11 is 3.46. The number of piperidine rings is 1. The number of hydrogen-bond acceptors (Lipinski definition) is 7. The summed E-state index contributed by atoms with van der Waals surface area (Å²) in [7, 11) is 0. The third-order valence-electron chi connectivity index (χ3n) is 5.28. The van der Waals surface area contributed by atoms with Crippen molar-refractivity contribution in [1.82, 2.24) is 25.2 Å². The summed E-state index contributed by atoms with van der Waals surface area (Å²) in [6, 6.07) is 14.0. The minimum absolute atomic E-state index is 0.107. The van der Waals surface area contributed by atoms with E-state index in [2.05, 4.69) is 41.2 Å². The Bertz CT molecular complexity index is 1190. The lowest BCUT2D eigenvalue weighted by Crippen LogP contribution is -2.34. The number of rotatable bonds is 5. The first-order valence-corrected chi connectivity index (χ1v) is 10.8. The van der Waals surface area contributed by atoms with Crippen molar-refractivity contribution < 1.29 is 13.3 Å². The van der Waals surface area contributed by atoms with E-state index >= 15 is 0 Å². The van der Waals surface area contributed by atoms with Gasteiger partial charge < -0.3 is 8.94 Å². The average molecular weight is 484 g/mol. The maximum absolute atomic E-state index is 13.5. The molecule has 2 aromatic carbocycles. The van der Waals surface area contributed by atoms with Gasteiger partial charge in [0.1, 0.15) is 5.82 Å². The van der Waals surface area contributed by atoms with Crippen LogP contribution in [0.5, 0.6) is 0 Å². The molecule has 2 aromatic heterocycles. The summed E-state index contributed by atoms with van der Waals surface area (Å²) in [5.74, 6) is 1.83. The van der Waals surface area contributed by atoms with Crippen molar-refractivity contribution in [3.63, 3.8) is 0 Å². The zero-order valence-electron chi connectivity index (χ0n) is 16.5. The fourth-order valence-corrected chi connectivity index (χ4v) is 4.19. The minimum atomic E-state index is -0.325. The number of nitrogens with zero attached hydrogens (tertiary/aromatic N) is 5. The average Bonchev–Trinajstić information content (AvgIpc) is 3.44. The van der Waals surface area contributed by atoms with Gasteiger partial charge in [0, 0.05) is 22.1 Å². The maximum atomic E-state index is 13.5. The molecule has 0 radical (unpaired) electrons. The number of benzene rings is 2. The Morgan fingerprint density at radius 3 is 2.84 bits per heavy atom. The Morgan fingerprint density at radius 1 is 1.10 bits per heavy atom. The van der Waals surface area contributed by atoms with E-state index in [0.717, 1.165) is 36.0 Å². The maximum Gasteiger partial charge on any atom is 0.247 e. The van der Waals surface area contributed by atoms with Crippen LogP contribution in [0.3, 0.4) is 0 Å². The number of aromatic nitrogens is 4. The van der Waals surface area contributed by atoms with Crippen LogP contribution < -0.4 is 0 Å². The highest BCUT2D eigenvalue weighted by molar-refractivity contribution is 9.10. The normalized spacial score (nSPS) is 17.2. The van der Waals surface area contributed by atoms with Crippen molar-refractivity contribution >= 4 is 15.9 Å². The molecular formula is C22H19BrFN5O2. The molecule has 0 bridgehead atoms. The van der Waals surface area contributed by atoms with Gasteiger partial charge in [-0.1, -0.05) is 39.3 Å². The van der Waals surface area contributed by atoms with E-state index in [1.165, 1.54) is 12.1 Å². The fourth-order valence-electron chi connectivity index (χ4n) is 3.79. The SMILES string of the molecule is Fc1cccc(-c2noc(C3CCCN(Cc4nnc(-c5cccc(Br)c5)o4)C3)n2)c1. The van der Waals surface area contributed by atoms with E-state index in [1.54, 1.807) is 12.1 Å². The van der Waals surface area contributed by atoms with Gasteiger partial charge in [-0.25, -0.2) is 4.39 Å². The molecule has 1 atom stereocenters. The van der Waals surface area contributed by atoms with Gasteiger partial charge >= 0.3 is 0 Å². The van der Waals surface area contributed by atoms with Crippen molar-refractivity contribution in [2.45, 2.75) is 25.3 Å². The summed E-state index contributed by atoms with van der Waals surface area (Å²) < 4.78 is 25.8. The van der Waals surface area contributed by atoms with Crippen LogP contribution in [0.25, 0.3) is 22.8 Å². The lowest BCUT2D eigenvalue weighted by atomic mass is 9.98. The molecule has 4 aromatic rings. The molecule has 7 nitrogen and oxygen atoms in total. The molecule has 0 aliphatic carbocycles. The molecule has 3 heterocycles. The molecule has 1 unspecified atom stereocenters. The third-order valence-corrected chi connectivity index (χ3v) is 5.77. The van der Waals surface area contributed by atoms with Crippen LogP contribution in [0.2, 0.25) is 0 Å². The van der Waals surface area contributed by atoms with Gasteiger partial charge in [0.05, 0.1) is 12.5 Å². The van der Waals surface area contributed by atoms with Crippen LogP contribution in [0.15, 0.2) is 61.9 Å². The van der Waals surface area contributed by atoms with Crippen molar-refractivity contribution in [1.29, 1.82) is 0 Å². The van der Waals surface area contributed by atoms with Crippen molar-refractivity contribution in [2.24, 2.45) is 0 Å². The van der Waals surface area contributed by atoms with Crippen LogP contribution >= 0.6 is 15.9 Å². The Morgan fingerprint density at radius 2 is 1.97 bits per heavy atom. The lowest BCUT2D eigenvalue weighted by Gasteiger charge is -2.29. The van der Waals surface area contributed by atoms with Gasteiger partial charge in [-0.3, -0.25) is 4.90 Å². The zero-order chi connectivity index (χ0) is 21.2. The first kappa shape index (κ1) is 20.0. The van der Waals surface area contributed by atoms with Gasteiger partial charge in [-0.15, -0.1) is 10.2 Å². The molecule has 31 heavy (non-hydrogen) atoms.